The zero-order chi connectivity index (χ0) is 15.7. The summed E-state index contributed by atoms with van der Waals surface area (Å²) in [7, 11) is 0. The van der Waals surface area contributed by atoms with Crippen molar-refractivity contribution in [1.29, 1.82) is 0 Å². The topological polar surface area (TPSA) is 73.4 Å². The number of aromatic amines is 1. The third-order valence-electron chi connectivity index (χ3n) is 4.14. The summed E-state index contributed by atoms with van der Waals surface area (Å²) in [4.78, 5) is 27.9. The number of H-pyrrole nitrogens is 1. The summed E-state index contributed by atoms with van der Waals surface area (Å²) in [5, 5.41) is 10.1. The lowest BCUT2D eigenvalue weighted by Crippen LogP contribution is -2.37. The molecule has 2 aromatic rings. The van der Waals surface area contributed by atoms with Crippen molar-refractivity contribution >= 4 is 22.8 Å². The number of hydrogen-bond donors (Lipinski definition) is 2. The SMILES string of the molecule is Cc1ccc2[nH]cc(CCC(=O)N(CC(=O)O)C3CC3)c2c1. The Labute approximate surface area is 128 Å². The van der Waals surface area contributed by atoms with Gasteiger partial charge in [0.2, 0.25) is 5.91 Å². The zero-order valence-electron chi connectivity index (χ0n) is 12.6. The second-order valence-electron chi connectivity index (χ2n) is 6.01. The van der Waals surface area contributed by atoms with E-state index in [2.05, 4.69) is 17.1 Å². The van der Waals surface area contributed by atoms with E-state index in [9.17, 15) is 9.59 Å². The largest absolute Gasteiger partial charge is 0.480 e. The number of nitrogens with zero attached hydrogens (tertiary/aromatic N) is 1. The second-order valence-corrected chi connectivity index (χ2v) is 6.01. The van der Waals surface area contributed by atoms with Crippen LogP contribution in [0.2, 0.25) is 0 Å². The summed E-state index contributed by atoms with van der Waals surface area (Å²) in [5.41, 5.74) is 3.36. The van der Waals surface area contributed by atoms with Gasteiger partial charge in [-0.3, -0.25) is 9.59 Å². The molecule has 0 aliphatic heterocycles. The lowest BCUT2D eigenvalue weighted by Gasteiger charge is -2.20. The fourth-order valence-electron chi connectivity index (χ4n) is 2.84. The third-order valence-corrected chi connectivity index (χ3v) is 4.14. The molecule has 1 aliphatic rings. The van der Waals surface area contributed by atoms with Gasteiger partial charge in [0.1, 0.15) is 6.54 Å². The number of aliphatic carboxylic acids is 1. The Bertz CT molecular complexity index is 716. The van der Waals surface area contributed by atoms with Gasteiger partial charge in [0, 0.05) is 29.6 Å². The average Bonchev–Trinajstić information content (AvgIpc) is 3.23. The van der Waals surface area contributed by atoms with Crippen LogP contribution in [0, 0.1) is 6.92 Å². The Morgan fingerprint density at radius 2 is 2.14 bits per heavy atom. The molecule has 5 nitrogen and oxygen atoms in total. The van der Waals surface area contributed by atoms with Gasteiger partial charge >= 0.3 is 5.97 Å². The number of aryl methyl sites for hydroxylation is 2. The Balaban J connectivity index is 1.68. The molecule has 0 radical (unpaired) electrons. The third kappa shape index (κ3) is 3.13. The van der Waals surface area contributed by atoms with Crippen molar-refractivity contribution in [3.05, 3.63) is 35.5 Å². The van der Waals surface area contributed by atoms with E-state index in [1.807, 2.05) is 19.2 Å². The van der Waals surface area contributed by atoms with Crippen molar-refractivity contribution in [2.24, 2.45) is 0 Å². The van der Waals surface area contributed by atoms with Crippen LogP contribution >= 0.6 is 0 Å². The molecule has 1 saturated carbocycles. The van der Waals surface area contributed by atoms with Crippen LogP contribution in [0.25, 0.3) is 10.9 Å². The molecule has 1 aromatic carbocycles. The first-order valence-electron chi connectivity index (χ1n) is 7.62. The highest BCUT2D eigenvalue weighted by atomic mass is 16.4. The number of carbonyl (C=O) groups is 2. The number of carboxylic acids is 1. The monoisotopic (exact) mass is 300 g/mol. The van der Waals surface area contributed by atoms with Crippen molar-refractivity contribution in [2.75, 3.05) is 6.54 Å². The molecule has 0 atom stereocenters. The van der Waals surface area contributed by atoms with E-state index in [-0.39, 0.29) is 18.5 Å². The molecule has 1 aromatic heterocycles. The van der Waals surface area contributed by atoms with E-state index < -0.39 is 5.97 Å². The number of rotatable bonds is 6. The molecule has 0 bridgehead atoms. The number of carboxylic acid groups (broad SMARTS) is 1. The van der Waals surface area contributed by atoms with Crippen molar-refractivity contribution in [2.45, 2.75) is 38.6 Å². The highest BCUT2D eigenvalue weighted by Crippen LogP contribution is 2.28. The highest BCUT2D eigenvalue weighted by molar-refractivity contribution is 5.85. The van der Waals surface area contributed by atoms with Gasteiger partial charge in [0.15, 0.2) is 0 Å². The van der Waals surface area contributed by atoms with Crippen LogP contribution in [0.5, 0.6) is 0 Å². The highest BCUT2D eigenvalue weighted by Gasteiger charge is 2.33. The van der Waals surface area contributed by atoms with Crippen LogP contribution in [0.15, 0.2) is 24.4 Å². The minimum absolute atomic E-state index is 0.0631. The minimum Gasteiger partial charge on any atom is -0.480 e. The number of aromatic nitrogens is 1. The predicted octanol–water partition coefficient (Wildman–Crippen LogP) is 2.48. The predicted molar refractivity (Wildman–Crippen MR) is 83.7 cm³/mol. The standard InChI is InChI=1S/C17H20N2O3/c1-11-2-6-15-14(8-11)12(9-18-15)3-7-16(20)19(10-17(21)22)13-4-5-13/h2,6,8-9,13,18H,3-5,7,10H2,1H3,(H,21,22). The smallest absolute Gasteiger partial charge is 0.323 e. The molecule has 2 N–H and O–H groups in total. The van der Waals surface area contributed by atoms with Gasteiger partial charge in [-0.25, -0.2) is 0 Å². The number of fused-ring (bicyclic) bond motifs is 1. The summed E-state index contributed by atoms with van der Waals surface area (Å²) in [6, 6.07) is 6.34. The normalized spacial score (nSPS) is 14.2. The summed E-state index contributed by atoms with van der Waals surface area (Å²) in [6.45, 7) is 1.86. The summed E-state index contributed by atoms with van der Waals surface area (Å²) < 4.78 is 0. The second kappa shape index (κ2) is 5.83. The van der Waals surface area contributed by atoms with Crippen molar-refractivity contribution in [1.82, 2.24) is 9.88 Å². The van der Waals surface area contributed by atoms with E-state index in [0.717, 1.165) is 29.3 Å². The molecule has 0 spiro atoms. The average molecular weight is 300 g/mol. The molecular formula is C17H20N2O3. The Kier molecular flexibility index (Phi) is 3.88. The lowest BCUT2D eigenvalue weighted by atomic mass is 10.1. The maximum atomic E-state index is 12.3. The molecule has 0 saturated heterocycles. The van der Waals surface area contributed by atoms with Crippen molar-refractivity contribution in [3.63, 3.8) is 0 Å². The molecule has 5 heteroatoms. The first-order valence-corrected chi connectivity index (χ1v) is 7.62. The van der Waals surface area contributed by atoms with Gasteiger partial charge < -0.3 is 15.0 Å². The van der Waals surface area contributed by atoms with E-state index >= 15 is 0 Å². The number of hydrogen-bond acceptors (Lipinski definition) is 2. The zero-order valence-corrected chi connectivity index (χ0v) is 12.6. The van der Waals surface area contributed by atoms with E-state index in [1.54, 1.807) is 0 Å². The van der Waals surface area contributed by atoms with Gasteiger partial charge in [-0.1, -0.05) is 11.6 Å². The van der Waals surface area contributed by atoms with Crippen LogP contribution in [-0.2, 0) is 16.0 Å². The molecule has 1 heterocycles. The molecular weight excluding hydrogens is 280 g/mol. The number of nitrogens with one attached hydrogen (secondary N) is 1. The fraction of sp³-hybridized carbons (Fsp3) is 0.412. The molecule has 116 valence electrons. The Morgan fingerprint density at radius 3 is 2.82 bits per heavy atom. The first kappa shape index (κ1) is 14.6. The Hall–Kier alpha value is -2.30. The van der Waals surface area contributed by atoms with Crippen LogP contribution in [0.3, 0.4) is 0 Å². The number of amides is 1. The van der Waals surface area contributed by atoms with Gasteiger partial charge in [0.25, 0.3) is 0 Å². The lowest BCUT2D eigenvalue weighted by molar-refractivity contribution is -0.144. The quantitative estimate of drug-likeness (QED) is 0.860. The fourth-order valence-corrected chi connectivity index (χ4v) is 2.84. The van der Waals surface area contributed by atoms with Gasteiger partial charge in [-0.2, -0.15) is 0 Å². The maximum absolute atomic E-state index is 12.3. The molecule has 22 heavy (non-hydrogen) atoms. The Morgan fingerprint density at radius 1 is 1.36 bits per heavy atom. The maximum Gasteiger partial charge on any atom is 0.323 e. The summed E-state index contributed by atoms with van der Waals surface area (Å²) >= 11 is 0. The number of benzene rings is 1. The summed E-state index contributed by atoms with van der Waals surface area (Å²) in [6.07, 6.45) is 4.77. The van der Waals surface area contributed by atoms with Gasteiger partial charge in [-0.15, -0.1) is 0 Å². The van der Waals surface area contributed by atoms with Crippen LogP contribution in [0.1, 0.15) is 30.4 Å². The van der Waals surface area contributed by atoms with Gasteiger partial charge in [-0.05, 0) is 43.9 Å². The minimum atomic E-state index is -0.942. The van der Waals surface area contributed by atoms with E-state index in [0.29, 0.717) is 12.8 Å². The van der Waals surface area contributed by atoms with E-state index in [4.69, 9.17) is 5.11 Å². The van der Waals surface area contributed by atoms with Crippen molar-refractivity contribution in [3.8, 4) is 0 Å². The molecule has 1 aliphatic carbocycles. The van der Waals surface area contributed by atoms with Crippen LogP contribution < -0.4 is 0 Å². The summed E-state index contributed by atoms with van der Waals surface area (Å²) in [5.74, 6) is -1.00. The van der Waals surface area contributed by atoms with Crippen molar-refractivity contribution < 1.29 is 14.7 Å². The van der Waals surface area contributed by atoms with Gasteiger partial charge in [0.05, 0.1) is 0 Å². The first-order chi connectivity index (χ1) is 10.5. The molecule has 1 amide bonds. The molecule has 1 fully saturated rings. The molecule has 0 unspecified atom stereocenters. The number of carbonyl (C=O) groups excluding carboxylic acids is 1. The van der Waals surface area contributed by atoms with Crippen LogP contribution in [0.4, 0.5) is 0 Å². The van der Waals surface area contributed by atoms with Crippen LogP contribution in [-0.4, -0.2) is 39.5 Å². The molecule has 3 rings (SSSR count). The van der Waals surface area contributed by atoms with E-state index in [1.165, 1.54) is 10.5 Å².